The van der Waals surface area contributed by atoms with Crippen molar-refractivity contribution in [2.45, 2.75) is 40.2 Å². The van der Waals surface area contributed by atoms with Crippen molar-refractivity contribution in [3.63, 3.8) is 0 Å². The van der Waals surface area contributed by atoms with E-state index in [4.69, 9.17) is 10.7 Å². The van der Waals surface area contributed by atoms with Crippen LogP contribution < -0.4 is 5.73 Å². The molecule has 2 aromatic rings. The molecular weight excluding hydrogens is 246 g/mol. The first kappa shape index (κ1) is 14.4. The van der Waals surface area contributed by atoms with E-state index in [2.05, 4.69) is 50.1 Å². The molecule has 20 heavy (non-hydrogen) atoms. The van der Waals surface area contributed by atoms with Gasteiger partial charge in [0.15, 0.2) is 0 Å². The van der Waals surface area contributed by atoms with Gasteiger partial charge >= 0.3 is 0 Å². The summed E-state index contributed by atoms with van der Waals surface area (Å²) in [6.45, 7) is 10.9. The van der Waals surface area contributed by atoms with E-state index < -0.39 is 0 Å². The van der Waals surface area contributed by atoms with Crippen molar-refractivity contribution in [2.75, 3.05) is 5.73 Å². The number of imidazole rings is 1. The Hall–Kier alpha value is -2.03. The molecule has 1 aromatic carbocycles. The van der Waals surface area contributed by atoms with Crippen LogP contribution in [-0.4, -0.2) is 9.55 Å². The Morgan fingerprint density at radius 2 is 1.95 bits per heavy atom. The normalized spacial score (nSPS) is 10.8. The molecule has 0 aliphatic heterocycles. The van der Waals surface area contributed by atoms with Gasteiger partial charge in [0.1, 0.15) is 17.3 Å². The number of hydrogen-bond acceptors (Lipinski definition) is 2. The van der Waals surface area contributed by atoms with Crippen LogP contribution >= 0.6 is 0 Å². The van der Waals surface area contributed by atoms with Crippen molar-refractivity contribution in [2.24, 2.45) is 0 Å². The van der Waals surface area contributed by atoms with Crippen LogP contribution in [0.2, 0.25) is 0 Å². The van der Waals surface area contributed by atoms with Gasteiger partial charge in [-0.15, -0.1) is 6.58 Å². The summed E-state index contributed by atoms with van der Waals surface area (Å²) in [7, 11) is 0. The van der Waals surface area contributed by atoms with Gasteiger partial charge in [0.05, 0.1) is 0 Å². The highest BCUT2D eigenvalue weighted by Crippen LogP contribution is 2.32. The van der Waals surface area contributed by atoms with Gasteiger partial charge < -0.3 is 10.3 Å². The molecule has 0 aliphatic rings. The number of anilines is 1. The number of aryl methyl sites for hydroxylation is 3. The van der Waals surface area contributed by atoms with Crippen LogP contribution in [0.1, 0.15) is 30.3 Å². The van der Waals surface area contributed by atoms with E-state index in [1.807, 2.05) is 6.08 Å². The maximum absolute atomic E-state index is 6.34. The average molecular weight is 269 g/mol. The Morgan fingerprint density at radius 3 is 2.50 bits per heavy atom. The van der Waals surface area contributed by atoms with E-state index in [1.165, 1.54) is 11.1 Å². The summed E-state index contributed by atoms with van der Waals surface area (Å²) in [5, 5.41) is 0. The third kappa shape index (κ3) is 2.48. The van der Waals surface area contributed by atoms with Gasteiger partial charge in [-0.1, -0.05) is 31.2 Å². The van der Waals surface area contributed by atoms with Gasteiger partial charge in [-0.05, 0) is 31.4 Å². The maximum atomic E-state index is 6.34. The molecule has 1 heterocycles. The van der Waals surface area contributed by atoms with Crippen LogP contribution in [0.15, 0.2) is 30.9 Å². The molecule has 2 rings (SSSR count). The van der Waals surface area contributed by atoms with Crippen LogP contribution in [0.5, 0.6) is 0 Å². The van der Waals surface area contributed by atoms with Crippen LogP contribution in [0, 0.1) is 13.8 Å². The number of nitrogens with two attached hydrogens (primary N) is 1. The van der Waals surface area contributed by atoms with E-state index >= 15 is 0 Å². The highest BCUT2D eigenvalue weighted by atomic mass is 15.1. The fourth-order valence-corrected chi connectivity index (χ4v) is 2.63. The second kappa shape index (κ2) is 5.95. The molecule has 0 atom stereocenters. The fourth-order valence-electron chi connectivity index (χ4n) is 2.63. The second-order valence-electron chi connectivity index (χ2n) is 5.18. The lowest BCUT2D eigenvalue weighted by molar-refractivity contribution is 0.724. The SMILES string of the molecule is C=CCn1c(CCC)nc(-c2c(C)cccc2C)c1N. The molecule has 3 nitrogen and oxygen atoms in total. The van der Waals surface area contributed by atoms with Crippen LogP contribution in [0.3, 0.4) is 0 Å². The second-order valence-corrected chi connectivity index (χ2v) is 5.18. The number of aromatic nitrogens is 2. The van der Waals surface area contributed by atoms with E-state index in [0.717, 1.165) is 35.7 Å². The molecular formula is C17H23N3. The van der Waals surface area contributed by atoms with E-state index in [1.54, 1.807) is 0 Å². The number of nitrogen functional groups attached to an aromatic ring is 1. The van der Waals surface area contributed by atoms with Gasteiger partial charge in [-0.2, -0.15) is 0 Å². The summed E-state index contributed by atoms with van der Waals surface area (Å²) in [5.41, 5.74) is 10.8. The van der Waals surface area contributed by atoms with Crippen molar-refractivity contribution >= 4 is 5.82 Å². The van der Waals surface area contributed by atoms with E-state index in [9.17, 15) is 0 Å². The molecule has 0 saturated carbocycles. The van der Waals surface area contributed by atoms with Crippen molar-refractivity contribution < 1.29 is 0 Å². The molecule has 0 saturated heterocycles. The topological polar surface area (TPSA) is 43.8 Å². The third-order valence-corrected chi connectivity index (χ3v) is 3.59. The Balaban J connectivity index is 2.63. The summed E-state index contributed by atoms with van der Waals surface area (Å²) >= 11 is 0. The molecule has 0 unspecified atom stereocenters. The minimum Gasteiger partial charge on any atom is -0.383 e. The van der Waals surface area contributed by atoms with Crippen LogP contribution in [0.4, 0.5) is 5.82 Å². The minimum absolute atomic E-state index is 0.707. The Labute approximate surface area is 121 Å². The highest BCUT2D eigenvalue weighted by Gasteiger charge is 2.17. The number of nitrogens with zero attached hydrogens (tertiary/aromatic N) is 2. The first-order valence-electron chi connectivity index (χ1n) is 7.12. The molecule has 0 amide bonds. The van der Waals surface area contributed by atoms with Gasteiger partial charge in [-0.3, -0.25) is 0 Å². The number of allylic oxidation sites excluding steroid dienone is 1. The Bertz CT molecular complexity index is 603. The molecule has 0 spiro atoms. The molecule has 0 aliphatic carbocycles. The summed E-state index contributed by atoms with van der Waals surface area (Å²) in [4.78, 5) is 4.80. The predicted octanol–water partition coefficient (Wildman–Crippen LogP) is 3.89. The molecule has 0 radical (unpaired) electrons. The highest BCUT2D eigenvalue weighted by molar-refractivity contribution is 5.76. The summed E-state index contributed by atoms with van der Waals surface area (Å²) in [5.74, 6) is 1.79. The zero-order chi connectivity index (χ0) is 14.7. The minimum atomic E-state index is 0.707. The standard InChI is InChI=1S/C17H23N3/c1-5-8-14-19-16(17(18)20(14)11-6-2)15-12(3)9-7-10-13(15)4/h6-7,9-10H,2,5,8,11,18H2,1,3-4H3. The van der Waals surface area contributed by atoms with Crippen molar-refractivity contribution in [3.05, 3.63) is 47.8 Å². The lowest BCUT2D eigenvalue weighted by atomic mass is 10.0. The van der Waals surface area contributed by atoms with Crippen molar-refractivity contribution in [1.82, 2.24) is 9.55 Å². The lowest BCUT2D eigenvalue weighted by Gasteiger charge is -2.09. The monoisotopic (exact) mass is 269 g/mol. The number of hydrogen-bond donors (Lipinski definition) is 1. The van der Waals surface area contributed by atoms with Gasteiger partial charge in [0, 0.05) is 18.5 Å². The first-order chi connectivity index (χ1) is 9.60. The summed E-state index contributed by atoms with van der Waals surface area (Å²) in [6, 6.07) is 6.28. The first-order valence-corrected chi connectivity index (χ1v) is 7.12. The molecule has 0 bridgehead atoms. The zero-order valence-electron chi connectivity index (χ0n) is 12.6. The molecule has 106 valence electrons. The molecule has 3 heteroatoms. The zero-order valence-corrected chi connectivity index (χ0v) is 12.6. The Kier molecular flexibility index (Phi) is 4.28. The van der Waals surface area contributed by atoms with Crippen LogP contribution in [0.25, 0.3) is 11.3 Å². The smallest absolute Gasteiger partial charge is 0.132 e. The molecule has 1 aromatic heterocycles. The maximum Gasteiger partial charge on any atom is 0.132 e. The van der Waals surface area contributed by atoms with E-state index in [-0.39, 0.29) is 0 Å². The van der Waals surface area contributed by atoms with Crippen molar-refractivity contribution in [1.29, 1.82) is 0 Å². The predicted molar refractivity (Wildman–Crippen MR) is 85.7 cm³/mol. The fraction of sp³-hybridized carbons (Fsp3) is 0.353. The van der Waals surface area contributed by atoms with E-state index in [0.29, 0.717) is 6.54 Å². The average Bonchev–Trinajstić information content (AvgIpc) is 2.69. The summed E-state index contributed by atoms with van der Waals surface area (Å²) < 4.78 is 2.07. The van der Waals surface area contributed by atoms with Gasteiger partial charge in [0.2, 0.25) is 0 Å². The number of rotatable bonds is 5. The Morgan fingerprint density at radius 1 is 1.30 bits per heavy atom. The van der Waals surface area contributed by atoms with Gasteiger partial charge in [0.25, 0.3) is 0 Å². The third-order valence-electron chi connectivity index (χ3n) is 3.59. The van der Waals surface area contributed by atoms with Crippen molar-refractivity contribution in [3.8, 4) is 11.3 Å². The molecule has 0 fully saturated rings. The number of benzene rings is 1. The quantitative estimate of drug-likeness (QED) is 0.837. The van der Waals surface area contributed by atoms with Crippen LogP contribution in [-0.2, 0) is 13.0 Å². The lowest BCUT2D eigenvalue weighted by Crippen LogP contribution is -2.06. The largest absolute Gasteiger partial charge is 0.383 e. The summed E-state index contributed by atoms with van der Waals surface area (Å²) in [6.07, 6.45) is 3.86. The molecule has 2 N–H and O–H groups in total. The van der Waals surface area contributed by atoms with Gasteiger partial charge in [-0.25, -0.2) is 4.98 Å².